The average molecular weight is 395 g/mol. The molecule has 8 heteroatoms. The van der Waals surface area contributed by atoms with Crippen LogP contribution in [0.3, 0.4) is 0 Å². The van der Waals surface area contributed by atoms with E-state index in [-0.39, 0.29) is 24.8 Å². The number of hydrogen-bond donors (Lipinski definition) is 1. The van der Waals surface area contributed by atoms with Gasteiger partial charge in [-0.05, 0) is 54.8 Å². The molecule has 0 atom stereocenters. The SMILES string of the molecule is CSc1ccc(NC(=O)Cn2nc(-c3ccc4c(c3)OCO4)ccc2=O)cc1. The molecule has 1 aromatic heterocycles. The van der Waals surface area contributed by atoms with Gasteiger partial charge in [-0.3, -0.25) is 9.59 Å². The topological polar surface area (TPSA) is 82.5 Å². The molecule has 0 unspecified atom stereocenters. The van der Waals surface area contributed by atoms with Crippen LogP contribution in [0.4, 0.5) is 5.69 Å². The van der Waals surface area contributed by atoms with Crippen molar-refractivity contribution in [3.63, 3.8) is 0 Å². The fraction of sp³-hybridized carbons (Fsp3) is 0.150. The molecule has 2 aromatic carbocycles. The lowest BCUT2D eigenvalue weighted by molar-refractivity contribution is -0.117. The molecule has 4 rings (SSSR count). The predicted octanol–water partition coefficient (Wildman–Crippen LogP) is 3.00. The Balaban J connectivity index is 1.52. The predicted molar refractivity (Wildman–Crippen MR) is 107 cm³/mol. The molecule has 0 saturated carbocycles. The van der Waals surface area contributed by atoms with Crippen molar-refractivity contribution in [1.29, 1.82) is 0 Å². The van der Waals surface area contributed by atoms with Gasteiger partial charge in [0, 0.05) is 22.2 Å². The molecule has 1 aliphatic rings. The van der Waals surface area contributed by atoms with E-state index in [4.69, 9.17) is 9.47 Å². The number of fused-ring (bicyclic) bond motifs is 1. The van der Waals surface area contributed by atoms with Crippen LogP contribution in [0.2, 0.25) is 0 Å². The number of carbonyl (C=O) groups excluding carboxylic acids is 1. The maximum Gasteiger partial charge on any atom is 0.267 e. The summed E-state index contributed by atoms with van der Waals surface area (Å²) in [5.74, 6) is 0.974. The Morgan fingerprint density at radius 3 is 2.68 bits per heavy atom. The van der Waals surface area contributed by atoms with Gasteiger partial charge in [0.05, 0.1) is 5.69 Å². The van der Waals surface area contributed by atoms with Gasteiger partial charge in [0.2, 0.25) is 12.7 Å². The molecule has 0 fully saturated rings. The second kappa shape index (κ2) is 7.77. The Labute approximate surface area is 165 Å². The highest BCUT2D eigenvalue weighted by molar-refractivity contribution is 7.98. The van der Waals surface area contributed by atoms with E-state index in [0.29, 0.717) is 22.9 Å². The number of ether oxygens (including phenoxy) is 2. The molecule has 1 aliphatic heterocycles. The van der Waals surface area contributed by atoms with E-state index in [1.165, 1.54) is 6.07 Å². The second-order valence-electron chi connectivity index (χ2n) is 6.06. The van der Waals surface area contributed by atoms with Crippen molar-refractivity contribution in [1.82, 2.24) is 9.78 Å². The van der Waals surface area contributed by atoms with E-state index in [9.17, 15) is 9.59 Å². The number of thioether (sulfide) groups is 1. The number of nitrogens with zero attached hydrogens (tertiary/aromatic N) is 2. The maximum absolute atomic E-state index is 12.3. The zero-order valence-corrected chi connectivity index (χ0v) is 15.9. The van der Waals surface area contributed by atoms with Crippen LogP contribution in [0.1, 0.15) is 0 Å². The third kappa shape index (κ3) is 3.86. The molecule has 0 radical (unpaired) electrons. The summed E-state index contributed by atoms with van der Waals surface area (Å²) in [4.78, 5) is 25.6. The van der Waals surface area contributed by atoms with E-state index in [1.807, 2.05) is 36.6 Å². The van der Waals surface area contributed by atoms with Crippen molar-refractivity contribution in [3.8, 4) is 22.8 Å². The van der Waals surface area contributed by atoms with Gasteiger partial charge in [-0.1, -0.05) is 0 Å². The summed E-state index contributed by atoms with van der Waals surface area (Å²) < 4.78 is 11.8. The third-order valence-corrected chi connectivity index (χ3v) is 4.95. The lowest BCUT2D eigenvalue weighted by Gasteiger charge is -2.09. The molecule has 0 spiro atoms. The lowest BCUT2D eigenvalue weighted by Crippen LogP contribution is -2.29. The molecule has 0 saturated heterocycles. The Hall–Kier alpha value is -3.26. The summed E-state index contributed by atoms with van der Waals surface area (Å²) in [5, 5.41) is 7.10. The molecule has 7 nitrogen and oxygen atoms in total. The highest BCUT2D eigenvalue weighted by Crippen LogP contribution is 2.35. The van der Waals surface area contributed by atoms with Crippen molar-refractivity contribution in [2.75, 3.05) is 18.4 Å². The highest BCUT2D eigenvalue weighted by Gasteiger charge is 2.15. The first kappa shape index (κ1) is 18.1. The zero-order chi connectivity index (χ0) is 19.5. The quantitative estimate of drug-likeness (QED) is 0.669. The Morgan fingerprint density at radius 2 is 1.89 bits per heavy atom. The van der Waals surface area contributed by atoms with Gasteiger partial charge in [-0.2, -0.15) is 5.10 Å². The van der Waals surface area contributed by atoms with Crippen molar-refractivity contribution < 1.29 is 14.3 Å². The molecule has 142 valence electrons. The lowest BCUT2D eigenvalue weighted by atomic mass is 10.1. The van der Waals surface area contributed by atoms with Gasteiger partial charge in [0.15, 0.2) is 11.5 Å². The smallest absolute Gasteiger partial charge is 0.267 e. The fourth-order valence-electron chi connectivity index (χ4n) is 2.78. The van der Waals surface area contributed by atoms with Gasteiger partial charge < -0.3 is 14.8 Å². The minimum Gasteiger partial charge on any atom is -0.454 e. The summed E-state index contributed by atoms with van der Waals surface area (Å²) in [6.07, 6.45) is 1.98. The molecule has 2 heterocycles. The number of hydrogen-bond acceptors (Lipinski definition) is 6. The van der Waals surface area contributed by atoms with Crippen molar-refractivity contribution >= 4 is 23.4 Å². The number of rotatable bonds is 5. The molecule has 28 heavy (non-hydrogen) atoms. The van der Waals surface area contributed by atoms with Crippen LogP contribution < -0.4 is 20.3 Å². The Kier molecular flexibility index (Phi) is 5.03. The number of anilines is 1. The summed E-state index contributed by atoms with van der Waals surface area (Å²) in [5.41, 5.74) is 1.65. The van der Waals surface area contributed by atoms with Crippen LogP contribution in [0.25, 0.3) is 11.3 Å². The van der Waals surface area contributed by atoms with Crippen molar-refractivity contribution in [3.05, 3.63) is 65.0 Å². The Morgan fingerprint density at radius 1 is 1.11 bits per heavy atom. The standard InChI is InChI=1S/C20H17N3O4S/c1-28-15-5-3-14(4-6-15)21-19(24)11-23-20(25)9-7-16(22-23)13-2-8-17-18(10-13)27-12-26-17/h2-10H,11-12H2,1H3,(H,21,24). The van der Waals surface area contributed by atoms with Crippen LogP contribution in [0, 0.1) is 0 Å². The van der Waals surface area contributed by atoms with Crippen molar-refractivity contribution in [2.45, 2.75) is 11.4 Å². The normalized spacial score (nSPS) is 12.0. The van der Waals surface area contributed by atoms with Gasteiger partial charge >= 0.3 is 0 Å². The van der Waals surface area contributed by atoms with Crippen LogP contribution >= 0.6 is 11.8 Å². The van der Waals surface area contributed by atoms with Crippen LogP contribution in [0.5, 0.6) is 11.5 Å². The zero-order valence-electron chi connectivity index (χ0n) is 15.0. The summed E-state index contributed by atoms with van der Waals surface area (Å²) in [6, 6.07) is 15.9. The fourth-order valence-corrected chi connectivity index (χ4v) is 3.19. The van der Waals surface area contributed by atoms with Crippen LogP contribution in [0.15, 0.2) is 64.3 Å². The first-order valence-corrected chi connectivity index (χ1v) is 9.77. The maximum atomic E-state index is 12.3. The largest absolute Gasteiger partial charge is 0.454 e. The van der Waals surface area contributed by atoms with E-state index in [2.05, 4.69) is 10.4 Å². The monoisotopic (exact) mass is 395 g/mol. The van der Waals surface area contributed by atoms with Gasteiger partial charge in [-0.25, -0.2) is 4.68 Å². The molecule has 1 amide bonds. The number of benzene rings is 2. The van der Waals surface area contributed by atoms with Crippen LogP contribution in [-0.2, 0) is 11.3 Å². The van der Waals surface area contributed by atoms with Gasteiger partial charge in [-0.15, -0.1) is 11.8 Å². The number of amides is 1. The molecule has 3 aromatic rings. The average Bonchev–Trinajstić information content (AvgIpc) is 3.18. The summed E-state index contributed by atoms with van der Waals surface area (Å²) in [7, 11) is 0. The number of aromatic nitrogens is 2. The van der Waals surface area contributed by atoms with Crippen LogP contribution in [-0.4, -0.2) is 28.7 Å². The van der Waals surface area contributed by atoms with E-state index >= 15 is 0 Å². The molecule has 0 bridgehead atoms. The molecule has 0 aliphatic carbocycles. The third-order valence-electron chi connectivity index (χ3n) is 4.20. The number of carbonyl (C=O) groups is 1. The summed E-state index contributed by atoms with van der Waals surface area (Å²) >= 11 is 1.62. The minimum atomic E-state index is -0.350. The van der Waals surface area contributed by atoms with E-state index in [0.717, 1.165) is 15.1 Å². The minimum absolute atomic E-state index is 0.179. The molecular weight excluding hydrogens is 378 g/mol. The summed E-state index contributed by atoms with van der Waals surface area (Å²) in [6.45, 7) is 0.00527. The molecular formula is C20H17N3O4S. The first-order valence-electron chi connectivity index (χ1n) is 8.54. The highest BCUT2D eigenvalue weighted by atomic mass is 32.2. The van der Waals surface area contributed by atoms with E-state index in [1.54, 1.807) is 30.0 Å². The Bertz CT molecular complexity index is 1080. The second-order valence-corrected chi connectivity index (χ2v) is 6.94. The van der Waals surface area contributed by atoms with Gasteiger partial charge in [0.25, 0.3) is 5.56 Å². The van der Waals surface area contributed by atoms with Crippen molar-refractivity contribution in [2.24, 2.45) is 0 Å². The van der Waals surface area contributed by atoms with E-state index < -0.39 is 0 Å². The molecule has 1 N–H and O–H groups in total. The first-order chi connectivity index (χ1) is 13.6. The van der Waals surface area contributed by atoms with Gasteiger partial charge in [0.1, 0.15) is 6.54 Å². The number of nitrogens with one attached hydrogen (secondary N) is 1.